The maximum Gasteiger partial charge on any atom is 0.171 e. The lowest BCUT2D eigenvalue weighted by atomic mass is 9.88. The third-order valence-corrected chi connectivity index (χ3v) is 8.67. The summed E-state index contributed by atoms with van der Waals surface area (Å²) >= 11 is 7.72. The van der Waals surface area contributed by atoms with Crippen molar-refractivity contribution in [2.24, 2.45) is 0 Å². The first-order chi connectivity index (χ1) is 17.7. The number of rotatable bonds is 4. The monoisotopic (exact) mass is 618 g/mol. The molecule has 0 aliphatic carbocycles. The van der Waals surface area contributed by atoms with Gasteiger partial charge in [-0.1, -0.05) is 47.5 Å². The second-order valence-electron chi connectivity index (χ2n) is 10.2. The van der Waals surface area contributed by atoms with E-state index in [0.717, 1.165) is 33.4 Å². The molecule has 0 atom stereocenters. The first kappa shape index (κ1) is 25.9. The molecule has 6 heteroatoms. The Bertz CT molecular complexity index is 1340. The van der Waals surface area contributed by atoms with Crippen LogP contribution in [0.2, 0.25) is 0 Å². The summed E-state index contributed by atoms with van der Waals surface area (Å²) < 4.78 is 1.65. The molecular formula is C31H32Br2N4. The maximum atomic E-state index is 4.73. The highest BCUT2D eigenvalue weighted by atomic mass is 79.9. The van der Waals surface area contributed by atoms with E-state index in [4.69, 9.17) is 9.97 Å². The van der Waals surface area contributed by atoms with Crippen LogP contribution in [-0.4, -0.2) is 23.1 Å². The number of pyridine rings is 2. The summed E-state index contributed by atoms with van der Waals surface area (Å²) in [4.78, 5) is 14.6. The zero-order chi connectivity index (χ0) is 26.5. The molecular weight excluding hydrogens is 588 g/mol. The molecule has 5 rings (SSSR count). The van der Waals surface area contributed by atoms with E-state index >= 15 is 0 Å². The Morgan fingerprint density at radius 3 is 1.30 bits per heavy atom. The van der Waals surface area contributed by atoms with Gasteiger partial charge in [0, 0.05) is 48.0 Å². The van der Waals surface area contributed by atoms with Crippen molar-refractivity contribution in [3.8, 4) is 0 Å². The van der Waals surface area contributed by atoms with E-state index in [0.29, 0.717) is 0 Å². The van der Waals surface area contributed by atoms with Gasteiger partial charge in [0.2, 0.25) is 0 Å². The van der Waals surface area contributed by atoms with E-state index in [-0.39, 0.29) is 0 Å². The third-order valence-electron chi connectivity index (χ3n) is 7.41. The van der Waals surface area contributed by atoms with Crippen LogP contribution in [0, 0.1) is 41.5 Å². The van der Waals surface area contributed by atoms with Crippen molar-refractivity contribution in [3.05, 3.63) is 115 Å². The summed E-state index contributed by atoms with van der Waals surface area (Å²) in [6.45, 7) is 14.9. The molecule has 1 aliphatic rings. The molecule has 1 saturated heterocycles. The van der Waals surface area contributed by atoms with Crippen LogP contribution in [0.3, 0.4) is 0 Å². The normalized spacial score (nSPS) is 14.9. The van der Waals surface area contributed by atoms with E-state index in [1.54, 1.807) is 0 Å². The molecule has 0 saturated carbocycles. The van der Waals surface area contributed by atoms with Crippen molar-refractivity contribution >= 4 is 43.2 Å². The molecule has 0 spiro atoms. The van der Waals surface area contributed by atoms with Crippen LogP contribution in [0.5, 0.6) is 0 Å². The van der Waals surface area contributed by atoms with Crippen molar-refractivity contribution < 1.29 is 0 Å². The van der Waals surface area contributed by atoms with Gasteiger partial charge < -0.3 is 9.80 Å². The topological polar surface area (TPSA) is 32.3 Å². The van der Waals surface area contributed by atoms with Crippen LogP contribution < -0.4 is 9.80 Å². The van der Waals surface area contributed by atoms with Gasteiger partial charge in [-0.25, -0.2) is 9.97 Å². The number of nitrogens with zero attached hydrogens (tertiary/aromatic N) is 4. The van der Waals surface area contributed by atoms with E-state index in [9.17, 15) is 0 Å². The molecule has 37 heavy (non-hydrogen) atoms. The van der Waals surface area contributed by atoms with Crippen molar-refractivity contribution in [3.63, 3.8) is 0 Å². The SMILES string of the molecule is Cc1cc(C)c(N2CCN(c3c(C)cc(C)cc3C)C2(c2cccnc2Br)c2cccnc2Br)c(C)c1. The molecule has 0 radical (unpaired) electrons. The van der Waals surface area contributed by atoms with Crippen LogP contribution in [-0.2, 0) is 5.66 Å². The summed E-state index contributed by atoms with van der Waals surface area (Å²) in [5, 5.41) is 0. The highest BCUT2D eigenvalue weighted by molar-refractivity contribution is 9.10. The molecule has 0 bridgehead atoms. The minimum absolute atomic E-state index is 0.699. The van der Waals surface area contributed by atoms with Crippen LogP contribution in [0.1, 0.15) is 44.5 Å². The highest BCUT2D eigenvalue weighted by Gasteiger charge is 2.54. The Morgan fingerprint density at radius 1 is 0.622 bits per heavy atom. The van der Waals surface area contributed by atoms with E-state index in [1.807, 2.05) is 24.5 Å². The second kappa shape index (κ2) is 9.88. The van der Waals surface area contributed by atoms with Crippen LogP contribution in [0.25, 0.3) is 0 Å². The van der Waals surface area contributed by atoms with Crippen LogP contribution in [0.15, 0.2) is 70.1 Å². The van der Waals surface area contributed by atoms with Crippen molar-refractivity contribution in [2.75, 3.05) is 22.9 Å². The molecule has 2 aromatic carbocycles. The van der Waals surface area contributed by atoms with Gasteiger partial charge in [-0.15, -0.1) is 0 Å². The number of hydrogen-bond donors (Lipinski definition) is 0. The average Bonchev–Trinajstić information content (AvgIpc) is 3.18. The largest absolute Gasteiger partial charge is 0.339 e. The number of hydrogen-bond acceptors (Lipinski definition) is 4. The quantitative estimate of drug-likeness (QED) is 0.216. The Balaban J connectivity index is 1.95. The minimum Gasteiger partial charge on any atom is -0.339 e. The Hall–Kier alpha value is -2.70. The van der Waals surface area contributed by atoms with Crippen LogP contribution in [0.4, 0.5) is 11.4 Å². The standard InChI is InChI=1S/C31H32Br2N4/c1-19-15-21(3)27(22(4)16-19)36-13-14-37(28-23(5)17-20(2)18-24(28)6)31(36,25-9-7-11-34-29(25)32)26-10-8-12-35-30(26)33/h7-12,15-18H,13-14H2,1-6H3. The molecule has 0 amide bonds. The summed E-state index contributed by atoms with van der Waals surface area (Å²) in [5.41, 5.74) is 11.6. The lowest BCUT2D eigenvalue weighted by Gasteiger charge is -2.48. The number of aromatic nitrogens is 2. The Labute approximate surface area is 237 Å². The number of benzene rings is 2. The van der Waals surface area contributed by atoms with Gasteiger partial charge in [-0.05, 0) is 108 Å². The molecule has 4 nitrogen and oxygen atoms in total. The number of anilines is 2. The lowest BCUT2D eigenvalue weighted by molar-refractivity contribution is 0.525. The fourth-order valence-electron chi connectivity index (χ4n) is 6.43. The second-order valence-corrected chi connectivity index (χ2v) is 11.7. The van der Waals surface area contributed by atoms with Crippen molar-refractivity contribution in [1.29, 1.82) is 0 Å². The summed E-state index contributed by atoms with van der Waals surface area (Å²) in [7, 11) is 0. The molecule has 3 heterocycles. The van der Waals surface area contributed by atoms with Crippen molar-refractivity contribution in [2.45, 2.75) is 47.2 Å². The Kier molecular flexibility index (Phi) is 6.92. The fourth-order valence-corrected chi connectivity index (χ4v) is 7.49. The Morgan fingerprint density at radius 2 is 0.973 bits per heavy atom. The van der Waals surface area contributed by atoms with Crippen LogP contribution >= 0.6 is 31.9 Å². The molecule has 1 aliphatic heterocycles. The van der Waals surface area contributed by atoms with Gasteiger partial charge in [0.25, 0.3) is 0 Å². The first-order valence-electron chi connectivity index (χ1n) is 12.6. The maximum absolute atomic E-state index is 4.73. The highest BCUT2D eigenvalue weighted by Crippen LogP contribution is 2.52. The van der Waals surface area contributed by atoms with Gasteiger partial charge in [0.1, 0.15) is 9.21 Å². The van der Waals surface area contributed by atoms with E-state index in [2.05, 4.69) is 120 Å². The van der Waals surface area contributed by atoms with Gasteiger partial charge in [-0.3, -0.25) is 0 Å². The molecule has 0 unspecified atom stereocenters. The molecule has 4 aromatic rings. The summed E-state index contributed by atoms with van der Waals surface area (Å²) in [5.74, 6) is 0. The minimum atomic E-state index is -0.699. The fraction of sp³-hybridized carbons (Fsp3) is 0.290. The first-order valence-corrected chi connectivity index (χ1v) is 14.2. The van der Waals surface area contributed by atoms with E-state index < -0.39 is 5.66 Å². The van der Waals surface area contributed by atoms with Crippen molar-refractivity contribution in [1.82, 2.24) is 9.97 Å². The average molecular weight is 620 g/mol. The van der Waals surface area contributed by atoms with E-state index in [1.165, 1.54) is 44.8 Å². The van der Waals surface area contributed by atoms with Gasteiger partial charge >= 0.3 is 0 Å². The smallest absolute Gasteiger partial charge is 0.171 e. The zero-order valence-electron chi connectivity index (χ0n) is 22.2. The lowest BCUT2D eigenvalue weighted by Crippen LogP contribution is -2.53. The molecule has 1 fully saturated rings. The molecule has 0 N–H and O–H groups in total. The van der Waals surface area contributed by atoms with Gasteiger partial charge in [0.15, 0.2) is 5.66 Å². The predicted molar refractivity (Wildman–Crippen MR) is 161 cm³/mol. The van der Waals surface area contributed by atoms with Gasteiger partial charge in [-0.2, -0.15) is 0 Å². The number of aryl methyl sites for hydroxylation is 6. The molecule has 2 aromatic heterocycles. The number of halogens is 2. The predicted octanol–water partition coefficient (Wildman–Crippen LogP) is 8.08. The summed E-state index contributed by atoms with van der Waals surface area (Å²) in [6.07, 6.45) is 3.68. The molecule has 190 valence electrons. The van der Waals surface area contributed by atoms with Gasteiger partial charge in [0.05, 0.1) is 0 Å². The summed E-state index contributed by atoms with van der Waals surface area (Å²) in [6, 6.07) is 17.6. The zero-order valence-corrected chi connectivity index (χ0v) is 25.4. The third kappa shape index (κ3) is 4.18.